The second kappa shape index (κ2) is 5.92. The monoisotopic (exact) mass is 303 g/mol. The van der Waals surface area contributed by atoms with Crippen LogP contribution in [-0.4, -0.2) is 16.3 Å². The summed E-state index contributed by atoms with van der Waals surface area (Å²) in [5.74, 6) is 1.40. The lowest BCUT2D eigenvalue weighted by molar-refractivity contribution is 0.647. The van der Waals surface area contributed by atoms with E-state index in [1.165, 1.54) is 28.2 Å². The van der Waals surface area contributed by atoms with Crippen LogP contribution in [0.3, 0.4) is 0 Å². The van der Waals surface area contributed by atoms with Crippen LogP contribution < -0.4 is 5.32 Å². The predicted octanol–water partition coefficient (Wildman–Crippen LogP) is 4.05. The highest BCUT2D eigenvalue weighted by Gasteiger charge is 2.28. The molecule has 116 valence electrons. The minimum absolute atomic E-state index is 0.193. The normalized spacial score (nSPS) is 13.1. The first kappa shape index (κ1) is 14.1. The molecule has 0 fully saturated rings. The standard InChI is InChI=1S/C20H21N3/c1-2-23-20-17(13-14-21-20)19(22-23)18(15-9-5-3-6-10-15)16-11-7-4-8-12-16/h3-12,18,21H,2,13-14H2,1H3. The zero-order valence-corrected chi connectivity index (χ0v) is 13.4. The fourth-order valence-corrected chi connectivity index (χ4v) is 3.53. The first-order valence-electron chi connectivity index (χ1n) is 8.32. The lowest BCUT2D eigenvalue weighted by atomic mass is 9.86. The van der Waals surface area contributed by atoms with Crippen molar-refractivity contribution in [3.63, 3.8) is 0 Å². The van der Waals surface area contributed by atoms with Gasteiger partial charge in [-0.05, 0) is 24.5 Å². The first-order valence-corrected chi connectivity index (χ1v) is 8.32. The molecule has 0 spiro atoms. The van der Waals surface area contributed by atoms with Crippen LogP contribution in [0.5, 0.6) is 0 Å². The van der Waals surface area contributed by atoms with Gasteiger partial charge in [-0.3, -0.25) is 0 Å². The predicted molar refractivity (Wildman–Crippen MR) is 93.9 cm³/mol. The van der Waals surface area contributed by atoms with E-state index in [-0.39, 0.29) is 5.92 Å². The third-order valence-corrected chi connectivity index (χ3v) is 4.59. The summed E-state index contributed by atoms with van der Waals surface area (Å²) in [7, 11) is 0. The van der Waals surface area contributed by atoms with Crippen molar-refractivity contribution >= 4 is 5.82 Å². The van der Waals surface area contributed by atoms with E-state index in [0.717, 1.165) is 19.5 Å². The summed E-state index contributed by atoms with van der Waals surface area (Å²) in [6, 6.07) is 21.4. The lowest BCUT2D eigenvalue weighted by Crippen LogP contribution is -2.09. The number of nitrogens with zero attached hydrogens (tertiary/aromatic N) is 2. The molecular formula is C20H21N3. The summed E-state index contributed by atoms with van der Waals surface area (Å²) in [4.78, 5) is 0. The number of hydrogen-bond acceptors (Lipinski definition) is 2. The van der Waals surface area contributed by atoms with Crippen LogP contribution in [-0.2, 0) is 13.0 Å². The molecule has 23 heavy (non-hydrogen) atoms. The van der Waals surface area contributed by atoms with Gasteiger partial charge in [-0.2, -0.15) is 5.10 Å². The lowest BCUT2D eigenvalue weighted by Gasteiger charge is -2.17. The summed E-state index contributed by atoms with van der Waals surface area (Å²) >= 11 is 0. The maximum Gasteiger partial charge on any atom is 0.127 e. The maximum absolute atomic E-state index is 4.96. The zero-order valence-electron chi connectivity index (χ0n) is 13.4. The molecule has 0 amide bonds. The SMILES string of the molecule is CCn1nc(C(c2ccccc2)c2ccccc2)c2c1NCC2. The molecule has 2 heterocycles. The minimum atomic E-state index is 0.193. The third-order valence-electron chi connectivity index (χ3n) is 4.59. The van der Waals surface area contributed by atoms with Crippen LogP contribution in [0.15, 0.2) is 60.7 Å². The van der Waals surface area contributed by atoms with Crippen LogP contribution in [0.2, 0.25) is 0 Å². The van der Waals surface area contributed by atoms with Crippen molar-refractivity contribution in [2.75, 3.05) is 11.9 Å². The fraction of sp³-hybridized carbons (Fsp3) is 0.250. The van der Waals surface area contributed by atoms with Crippen LogP contribution in [0.1, 0.15) is 35.2 Å². The molecule has 0 bridgehead atoms. The van der Waals surface area contributed by atoms with E-state index >= 15 is 0 Å². The molecule has 3 nitrogen and oxygen atoms in total. The zero-order chi connectivity index (χ0) is 15.6. The number of hydrogen-bond donors (Lipinski definition) is 1. The van der Waals surface area contributed by atoms with Gasteiger partial charge in [-0.25, -0.2) is 4.68 Å². The molecule has 3 heteroatoms. The molecule has 3 aromatic rings. The van der Waals surface area contributed by atoms with E-state index in [4.69, 9.17) is 5.10 Å². The molecule has 1 aliphatic heterocycles. The summed E-state index contributed by atoms with van der Waals surface area (Å²) in [6.07, 6.45) is 1.06. The number of fused-ring (bicyclic) bond motifs is 1. The fourth-order valence-electron chi connectivity index (χ4n) is 3.53. The van der Waals surface area contributed by atoms with E-state index in [1.54, 1.807) is 0 Å². The van der Waals surface area contributed by atoms with E-state index in [0.29, 0.717) is 0 Å². The topological polar surface area (TPSA) is 29.9 Å². The molecule has 2 aromatic carbocycles. The molecule has 0 saturated carbocycles. The molecule has 0 radical (unpaired) electrons. The molecule has 1 aliphatic rings. The Kier molecular flexibility index (Phi) is 3.62. The summed E-state index contributed by atoms with van der Waals surface area (Å²) in [5, 5.41) is 8.46. The van der Waals surface area contributed by atoms with Crippen LogP contribution in [0, 0.1) is 0 Å². The van der Waals surface area contributed by atoms with Gasteiger partial charge >= 0.3 is 0 Å². The number of anilines is 1. The van der Waals surface area contributed by atoms with Gasteiger partial charge < -0.3 is 5.32 Å². The molecule has 0 aliphatic carbocycles. The Morgan fingerprint density at radius 1 is 1.00 bits per heavy atom. The summed E-state index contributed by atoms with van der Waals surface area (Å²) in [6.45, 7) is 4.05. The largest absolute Gasteiger partial charge is 0.370 e. The summed E-state index contributed by atoms with van der Waals surface area (Å²) in [5.41, 5.74) is 5.18. The Labute approximate surface area is 137 Å². The highest BCUT2D eigenvalue weighted by molar-refractivity contribution is 5.57. The van der Waals surface area contributed by atoms with E-state index < -0.39 is 0 Å². The minimum Gasteiger partial charge on any atom is -0.370 e. The van der Waals surface area contributed by atoms with Gasteiger partial charge in [0.15, 0.2) is 0 Å². The quantitative estimate of drug-likeness (QED) is 0.788. The van der Waals surface area contributed by atoms with Gasteiger partial charge in [0.05, 0.1) is 11.6 Å². The Morgan fingerprint density at radius 3 is 2.17 bits per heavy atom. The van der Waals surface area contributed by atoms with Crippen molar-refractivity contribution < 1.29 is 0 Å². The molecule has 4 rings (SSSR count). The van der Waals surface area contributed by atoms with Crippen molar-refractivity contribution in [2.24, 2.45) is 0 Å². The van der Waals surface area contributed by atoms with Crippen LogP contribution in [0.4, 0.5) is 5.82 Å². The van der Waals surface area contributed by atoms with Gasteiger partial charge in [0.1, 0.15) is 5.82 Å². The van der Waals surface area contributed by atoms with Crippen molar-refractivity contribution in [1.82, 2.24) is 9.78 Å². The first-order chi connectivity index (χ1) is 11.4. The average Bonchev–Trinajstić information content (AvgIpc) is 3.21. The van der Waals surface area contributed by atoms with Gasteiger partial charge in [-0.1, -0.05) is 60.7 Å². The van der Waals surface area contributed by atoms with Gasteiger partial charge in [-0.15, -0.1) is 0 Å². The molecule has 1 N–H and O–H groups in total. The summed E-state index contributed by atoms with van der Waals surface area (Å²) < 4.78 is 2.11. The average molecular weight is 303 g/mol. The van der Waals surface area contributed by atoms with Gasteiger partial charge in [0.25, 0.3) is 0 Å². The number of benzene rings is 2. The number of rotatable bonds is 4. The second-order valence-electron chi connectivity index (χ2n) is 5.96. The Hall–Kier alpha value is -2.55. The Balaban J connectivity index is 1.90. The van der Waals surface area contributed by atoms with Crippen molar-refractivity contribution in [3.8, 4) is 0 Å². The second-order valence-corrected chi connectivity index (χ2v) is 5.96. The van der Waals surface area contributed by atoms with E-state index in [1.807, 2.05) is 0 Å². The molecule has 0 unspecified atom stereocenters. The van der Waals surface area contributed by atoms with Gasteiger partial charge in [0.2, 0.25) is 0 Å². The molecular weight excluding hydrogens is 282 g/mol. The molecule has 0 atom stereocenters. The van der Waals surface area contributed by atoms with E-state index in [2.05, 4.69) is 77.6 Å². The Morgan fingerprint density at radius 2 is 1.61 bits per heavy atom. The molecule has 0 saturated heterocycles. The van der Waals surface area contributed by atoms with Gasteiger partial charge in [0, 0.05) is 18.7 Å². The third kappa shape index (κ3) is 2.42. The Bertz CT molecular complexity index is 751. The van der Waals surface area contributed by atoms with Crippen LogP contribution in [0.25, 0.3) is 0 Å². The van der Waals surface area contributed by atoms with Crippen molar-refractivity contribution in [3.05, 3.63) is 83.0 Å². The van der Waals surface area contributed by atoms with Crippen LogP contribution >= 0.6 is 0 Å². The number of aromatic nitrogens is 2. The highest BCUT2D eigenvalue weighted by atomic mass is 15.3. The van der Waals surface area contributed by atoms with Crippen molar-refractivity contribution in [2.45, 2.75) is 25.8 Å². The maximum atomic E-state index is 4.96. The van der Waals surface area contributed by atoms with Crippen molar-refractivity contribution in [1.29, 1.82) is 0 Å². The number of aryl methyl sites for hydroxylation is 1. The van der Waals surface area contributed by atoms with E-state index in [9.17, 15) is 0 Å². The number of nitrogens with one attached hydrogen (secondary N) is 1. The highest BCUT2D eigenvalue weighted by Crippen LogP contribution is 2.37. The smallest absolute Gasteiger partial charge is 0.127 e. The molecule has 1 aromatic heterocycles.